The van der Waals surface area contributed by atoms with Gasteiger partial charge in [-0.15, -0.1) is 0 Å². The van der Waals surface area contributed by atoms with Crippen molar-refractivity contribution in [3.05, 3.63) is 35.4 Å². The summed E-state index contributed by atoms with van der Waals surface area (Å²) in [6.07, 6.45) is 7.22. The van der Waals surface area contributed by atoms with E-state index in [0.717, 1.165) is 44.3 Å². The van der Waals surface area contributed by atoms with Gasteiger partial charge in [-0.3, -0.25) is 9.59 Å². The summed E-state index contributed by atoms with van der Waals surface area (Å²) in [6.45, 7) is 3.54. The molecule has 2 amide bonds. The second kappa shape index (κ2) is 7.82. The molecular weight excluding hydrogens is 300 g/mol. The normalized spacial score (nSPS) is 19.5. The topological polar surface area (TPSA) is 49.4 Å². The minimum atomic E-state index is 0.115. The quantitative estimate of drug-likeness (QED) is 0.922. The number of carbonyl (C=O) groups excluding carboxylic acids is 2. The number of piperidine rings is 1. The third-order valence-corrected chi connectivity index (χ3v) is 5.39. The number of rotatable bonds is 4. The summed E-state index contributed by atoms with van der Waals surface area (Å²) in [5, 5.41) is 3.17. The third-order valence-electron chi connectivity index (χ3n) is 5.39. The summed E-state index contributed by atoms with van der Waals surface area (Å²) in [4.78, 5) is 26.6. The third kappa shape index (κ3) is 4.37. The molecule has 24 heavy (non-hydrogen) atoms. The first-order valence-corrected chi connectivity index (χ1v) is 9.27. The van der Waals surface area contributed by atoms with Gasteiger partial charge in [0.05, 0.1) is 0 Å². The second-order valence-corrected chi connectivity index (χ2v) is 7.35. The van der Waals surface area contributed by atoms with Crippen LogP contribution in [0.1, 0.15) is 60.9 Å². The lowest BCUT2D eigenvalue weighted by atomic mass is 9.92. The van der Waals surface area contributed by atoms with Crippen molar-refractivity contribution >= 4 is 11.8 Å². The first-order chi connectivity index (χ1) is 11.6. The number of carbonyl (C=O) groups is 2. The summed E-state index contributed by atoms with van der Waals surface area (Å²) < 4.78 is 0. The van der Waals surface area contributed by atoms with E-state index in [1.165, 1.54) is 18.4 Å². The van der Waals surface area contributed by atoms with Gasteiger partial charge in [-0.25, -0.2) is 0 Å². The van der Waals surface area contributed by atoms with Crippen LogP contribution in [0.15, 0.2) is 24.3 Å². The van der Waals surface area contributed by atoms with Crippen LogP contribution in [-0.4, -0.2) is 35.8 Å². The smallest absolute Gasteiger partial charge is 0.253 e. The van der Waals surface area contributed by atoms with Gasteiger partial charge in [-0.05, 0) is 50.7 Å². The van der Waals surface area contributed by atoms with Crippen molar-refractivity contribution in [1.82, 2.24) is 10.2 Å². The highest BCUT2D eigenvalue weighted by atomic mass is 16.2. The number of hydrogen-bond donors (Lipinski definition) is 1. The van der Waals surface area contributed by atoms with Crippen LogP contribution in [0.2, 0.25) is 0 Å². The van der Waals surface area contributed by atoms with Crippen molar-refractivity contribution in [2.75, 3.05) is 13.1 Å². The molecule has 2 fully saturated rings. The van der Waals surface area contributed by atoms with Crippen molar-refractivity contribution < 1.29 is 9.59 Å². The molecule has 0 unspecified atom stereocenters. The lowest BCUT2D eigenvalue weighted by Gasteiger charge is -2.32. The van der Waals surface area contributed by atoms with Gasteiger partial charge < -0.3 is 10.2 Å². The Balaban J connectivity index is 1.44. The Kier molecular flexibility index (Phi) is 5.54. The number of nitrogens with one attached hydrogen (secondary N) is 1. The molecule has 1 aliphatic heterocycles. The zero-order chi connectivity index (χ0) is 16.9. The molecule has 4 heteroatoms. The van der Waals surface area contributed by atoms with Gasteiger partial charge in [0.2, 0.25) is 5.91 Å². The van der Waals surface area contributed by atoms with Crippen molar-refractivity contribution in [3.63, 3.8) is 0 Å². The molecule has 0 aromatic heterocycles. The molecule has 4 nitrogen and oxygen atoms in total. The molecule has 0 bridgehead atoms. The minimum absolute atomic E-state index is 0.115. The number of hydrogen-bond acceptors (Lipinski definition) is 2. The van der Waals surface area contributed by atoms with Crippen LogP contribution in [0.25, 0.3) is 0 Å². The summed E-state index contributed by atoms with van der Waals surface area (Å²) >= 11 is 0. The first kappa shape index (κ1) is 17.0. The van der Waals surface area contributed by atoms with Crippen LogP contribution >= 0.6 is 0 Å². The van der Waals surface area contributed by atoms with Gasteiger partial charge >= 0.3 is 0 Å². The average Bonchev–Trinajstić information content (AvgIpc) is 3.08. The van der Waals surface area contributed by atoms with E-state index in [0.29, 0.717) is 18.4 Å². The van der Waals surface area contributed by atoms with Crippen LogP contribution in [0.4, 0.5) is 0 Å². The molecule has 130 valence electrons. The maximum Gasteiger partial charge on any atom is 0.253 e. The van der Waals surface area contributed by atoms with Gasteiger partial charge in [0.15, 0.2) is 0 Å². The van der Waals surface area contributed by atoms with Crippen molar-refractivity contribution in [2.24, 2.45) is 5.92 Å². The highest BCUT2D eigenvalue weighted by molar-refractivity contribution is 5.94. The second-order valence-electron chi connectivity index (χ2n) is 7.35. The lowest BCUT2D eigenvalue weighted by Crippen LogP contribution is -2.40. The number of benzene rings is 1. The van der Waals surface area contributed by atoms with E-state index in [9.17, 15) is 9.59 Å². The van der Waals surface area contributed by atoms with E-state index in [1.54, 1.807) is 0 Å². The van der Waals surface area contributed by atoms with Gasteiger partial charge in [0.25, 0.3) is 5.91 Å². The highest BCUT2D eigenvalue weighted by Gasteiger charge is 2.26. The fraction of sp³-hybridized carbons (Fsp3) is 0.600. The van der Waals surface area contributed by atoms with Crippen molar-refractivity contribution in [3.8, 4) is 0 Å². The van der Waals surface area contributed by atoms with Crippen LogP contribution in [0.5, 0.6) is 0 Å². The number of aryl methyl sites for hydroxylation is 1. The van der Waals surface area contributed by atoms with E-state index in [-0.39, 0.29) is 11.8 Å². The zero-order valence-corrected chi connectivity index (χ0v) is 14.6. The molecular formula is C20H28N2O2. The van der Waals surface area contributed by atoms with Crippen molar-refractivity contribution in [1.29, 1.82) is 0 Å². The van der Waals surface area contributed by atoms with Gasteiger partial charge in [0.1, 0.15) is 0 Å². The maximum atomic E-state index is 12.5. The van der Waals surface area contributed by atoms with Crippen LogP contribution in [0.3, 0.4) is 0 Å². The van der Waals surface area contributed by atoms with Crippen LogP contribution in [0, 0.1) is 12.8 Å². The van der Waals surface area contributed by atoms with E-state index >= 15 is 0 Å². The maximum absolute atomic E-state index is 12.5. The molecule has 1 saturated carbocycles. The Morgan fingerprint density at radius 3 is 2.29 bits per heavy atom. The lowest BCUT2D eigenvalue weighted by molar-refractivity contribution is -0.123. The SMILES string of the molecule is Cc1ccc(C(=O)N2CCC(CC(=O)NC3CCCC3)CC2)cc1. The summed E-state index contributed by atoms with van der Waals surface area (Å²) in [5.41, 5.74) is 1.93. The molecule has 1 N–H and O–H groups in total. The molecule has 2 aliphatic rings. The number of nitrogens with zero attached hydrogens (tertiary/aromatic N) is 1. The van der Waals surface area contributed by atoms with Crippen molar-refractivity contribution in [2.45, 2.75) is 57.9 Å². The fourth-order valence-electron chi connectivity index (χ4n) is 3.84. The van der Waals surface area contributed by atoms with Gasteiger partial charge in [0, 0.05) is 31.1 Å². The summed E-state index contributed by atoms with van der Waals surface area (Å²) in [7, 11) is 0. The molecule has 0 atom stereocenters. The molecule has 0 spiro atoms. The number of likely N-dealkylation sites (tertiary alicyclic amines) is 1. The Morgan fingerprint density at radius 2 is 1.67 bits per heavy atom. The Bertz CT molecular complexity index is 568. The first-order valence-electron chi connectivity index (χ1n) is 9.27. The van der Waals surface area contributed by atoms with Crippen LogP contribution < -0.4 is 5.32 Å². The highest BCUT2D eigenvalue weighted by Crippen LogP contribution is 2.23. The predicted molar refractivity (Wildman–Crippen MR) is 94.8 cm³/mol. The monoisotopic (exact) mass is 328 g/mol. The molecule has 1 aromatic rings. The summed E-state index contributed by atoms with van der Waals surface area (Å²) in [5.74, 6) is 0.725. The van der Waals surface area contributed by atoms with E-state index in [4.69, 9.17) is 0 Å². The predicted octanol–water partition coefficient (Wildman–Crippen LogP) is 3.30. The van der Waals surface area contributed by atoms with Crippen LogP contribution in [-0.2, 0) is 4.79 Å². The van der Waals surface area contributed by atoms with Gasteiger partial charge in [-0.1, -0.05) is 30.5 Å². The molecule has 1 saturated heterocycles. The van der Waals surface area contributed by atoms with Gasteiger partial charge in [-0.2, -0.15) is 0 Å². The molecule has 1 heterocycles. The molecule has 1 aliphatic carbocycles. The number of amides is 2. The average molecular weight is 328 g/mol. The minimum Gasteiger partial charge on any atom is -0.353 e. The summed E-state index contributed by atoms with van der Waals surface area (Å²) in [6, 6.07) is 8.17. The Morgan fingerprint density at radius 1 is 1.04 bits per heavy atom. The zero-order valence-electron chi connectivity index (χ0n) is 14.6. The molecule has 1 aromatic carbocycles. The largest absolute Gasteiger partial charge is 0.353 e. The van der Waals surface area contributed by atoms with E-state index < -0.39 is 0 Å². The standard InChI is InChI=1S/C20H28N2O2/c1-15-6-8-17(9-7-15)20(24)22-12-10-16(11-13-22)14-19(23)21-18-4-2-3-5-18/h6-9,16,18H,2-5,10-14H2,1H3,(H,21,23). The molecule has 3 rings (SSSR count). The Labute approximate surface area is 144 Å². The Hall–Kier alpha value is -1.84. The van der Waals surface area contributed by atoms with E-state index in [1.807, 2.05) is 36.1 Å². The fourth-order valence-corrected chi connectivity index (χ4v) is 3.84. The molecule has 0 radical (unpaired) electrons. The van der Waals surface area contributed by atoms with E-state index in [2.05, 4.69) is 5.32 Å².